The van der Waals surface area contributed by atoms with E-state index in [1.165, 1.54) is 12.2 Å². The van der Waals surface area contributed by atoms with Gasteiger partial charge in [0.25, 0.3) is 22.9 Å². The van der Waals surface area contributed by atoms with Crippen LogP contribution in [0.1, 0.15) is 135 Å². The highest BCUT2D eigenvalue weighted by molar-refractivity contribution is 6.31. The summed E-state index contributed by atoms with van der Waals surface area (Å²) >= 11 is 7.40. The number of hydrogen-bond acceptors (Lipinski definition) is 12. The van der Waals surface area contributed by atoms with Crippen LogP contribution in [-0.4, -0.2) is 157 Å². The minimum atomic E-state index is -0.364. The van der Waals surface area contributed by atoms with Gasteiger partial charge in [0.1, 0.15) is 5.82 Å². The van der Waals surface area contributed by atoms with E-state index in [1.807, 2.05) is 93.8 Å². The molecule has 98 heavy (non-hydrogen) atoms. The molecule has 0 saturated carbocycles. The zero-order chi connectivity index (χ0) is 70.1. The molecule has 4 aliphatic heterocycles. The first-order valence-corrected chi connectivity index (χ1v) is 35.1. The van der Waals surface area contributed by atoms with E-state index in [-0.39, 0.29) is 83.9 Å². The Balaban J connectivity index is 0.933. The van der Waals surface area contributed by atoms with Crippen LogP contribution in [0.3, 0.4) is 0 Å². The molecule has 0 spiro atoms. The molecule has 0 radical (unpaired) electrons. The van der Waals surface area contributed by atoms with E-state index < -0.39 is 0 Å². The number of ether oxygens (including phenoxy) is 2. The number of carbonyl (C=O) groups is 4. The minimum absolute atomic E-state index is 0.00623. The first-order chi connectivity index (χ1) is 47.1. The zero-order valence-electron chi connectivity index (χ0n) is 58.6. The van der Waals surface area contributed by atoms with E-state index in [9.17, 15) is 28.8 Å². The number of rotatable bonds is 24. The number of aromatic amines is 2. The van der Waals surface area contributed by atoms with Crippen LogP contribution in [0.2, 0.25) is 5.02 Å². The molecule has 4 N–H and O–H groups in total. The standard InChI is InChI=1S/C78H98ClFN10O8/c1-12-73(91)87-30-20-61(21-31-87)89(14-3)70-41-59(37-64(52(70)8)75(93)81-43-66-48(4)35-50(6)83-77(66)95)54-15-17-56(68(79)39-54)45-86-29-26-72(98-11)58(47-86)19-34-90(62-22-32-88(33-23-62)74(92)13-2)71-42-60(55-16-18-57(69(80)40-55)46-85-27-24-63(97-10)25-28-85)38-65(53(71)9)76(94)82-44-67-49(5)36-51(7)84-78(67)96/h12-13,15-18,35-42,58,61-63,72H,1-2,14,19-34,43-47H2,3-11H3,(H,81,93)(H,82,94)(H,83,95)(H,84,96). The molecule has 10 rings (SSSR count). The summed E-state index contributed by atoms with van der Waals surface area (Å²) in [6.07, 6.45) is 8.96. The third kappa shape index (κ3) is 16.9. The number of amides is 4. The van der Waals surface area contributed by atoms with Gasteiger partial charge in [-0.2, -0.15) is 0 Å². The van der Waals surface area contributed by atoms with E-state index in [0.29, 0.717) is 122 Å². The molecular formula is C78H98ClFN10O8. The van der Waals surface area contributed by atoms with Crippen molar-refractivity contribution in [2.45, 2.75) is 150 Å². The maximum absolute atomic E-state index is 16.5. The second kappa shape index (κ2) is 32.6. The Labute approximate surface area is 581 Å². The molecule has 4 saturated heterocycles. The Morgan fingerprint density at radius 1 is 0.602 bits per heavy atom. The fourth-order valence-electron chi connectivity index (χ4n) is 15.3. The SMILES string of the molecule is C=CC(=O)N1CCC(N(CC)c2cc(-c3ccc(CN4CCC(OC)C(CCN(c5cc(-c6ccc(CN7CCC(OC)CC7)c(F)c6)cc(C(=O)NCc6c(C)cc(C)[nH]c6=O)c5C)C5CCN(C(=O)C=C)CC5)C4)c(Cl)c3)cc(C(=O)NCc3c(C)cc(C)[nH]c3=O)c2C)CC1. The number of aromatic nitrogens is 2. The van der Waals surface area contributed by atoms with Gasteiger partial charge >= 0.3 is 0 Å². The van der Waals surface area contributed by atoms with Crippen molar-refractivity contribution in [3.63, 3.8) is 0 Å². The lowest BCUT2D eigenvalue weighted by Gasteiger charge is -2.43. The normalized spacial score (nSPS) is 17.6. The molecule has 4 fully saturated rings. The van der Waals surface area contributed by atoms with Crippen molar-refractivity contribution in [2.24, 2.45) is 5.92 Å². The number of anilines is 2. The number of nitrogens with one attached hydrogen (secondary N) is 4. The van der Waals surface area contributed by atoms with Gasteiger partial charge in [-0.25, -0.2) is 4.39 Å². The number of piperidine rings is 4. The molecule has 6 aromatic rings. The summed E-state index contributed by atoms with van der Waals surface area (Å²) in [6.45, 7) is 28.6. The molecule has 4 aromatic carbocycles. The third-order valence-corrected chi connectivity index (χ3v) is 21.4. The Morgan fingerprint density at radius 3 is 1.55 bits per heavy atom. The predicted molar refractivity (Wildman–Crippen MR) is 388 cm³/mol. The second-order valence-electron chi connectivity index (χ2n) is 27.3. The molecule has 2 atom stereocenters. The van der Waals surface area contributed by atoms with Crippen LogP contribution in [0.15, 0.2) is 108 Å². The third-order valence-electron chi connectivity index (χ3n) is 21.1. The minimum Gasteiger partial charge on any atom is -0.381 e. The molecule has 0 aliphatic carbocycles. The number of carbonyl (C=O) groups excluding carboxylic acids is 4. The summed E-state index contributed by atoms with van der Waals surface area (Å²) in [5.41, 5.74) is 12.2. The molecule has 2 aromatic heterocycles. The maximum Gasteiger partial charge on any atom is 0.253 e. The average Bonchev–Trinajstić information content (AvgIpc) is 0.782. The lowest BCUT2D eigenvalue weighted by atomic mass is 9.89. The molecule has 4 aliphatic rings. The highest BCUT2D eigenvalue weighted by atomic mass is 35.5. The van der Waals surface area contributed by atoms with Crippen molar-refractivity contribution in [3.8, 4) is 22.3 Å². The molecule has 4 amide bonds. The topological polar surface area (TPSA) is 196 Å². The van der Waals surface area contributed by atoms with Crippen LogP contribution in [0, 0.1) is 53.3 Å². The Morgan fingerprint density at radius 2 is 1.08 bits per heavy atom. The monoisotopic (exact) mass is 1360 g/mol. The number of benzene rings is 4. The molecule has 2 unspecified atom stereocenters. The maximum atomic E-state index is 16.5. The molecular weight excluding hydrogens is 1260 g/mol. The van der Waals surface area contributed by atoms with Gasteiger partial charge in [0.2, 0.25) is 11.8 Å². The summed E-state index contributed by atoms with van der Waals surface area (Å²) in [7, 11) is 3.51. The van der Waals surface area contributed by atoms with E-state index in [1.54, 1.807) is 20.3 Å². The summed E-state index contributed by atoms with van der Waals surface area (Å²) < 4.78 is 28.5. The number of methoxy groups -OCH3 is 2. The van der Waals surface area contributed by atoms with Crippen molar-refractivity contribution in [1.29, 1.82) is 0 Å². The van der Waals surface area contributed by atoms with Gasteiger partial charge in [-0.05, 0) is 217 Å². The Kier molecular flexibility index (Phi) is 24.2. The fourth-order valence-corrected chi connectivity index (χ4v) is 15.6. The van der Waals surface area contributed by atoms with Crippen molar-refractivity contribution >= 4 is 46.6 Å². The smallest absolute Gasteiger partial charge is 0.253 e. The Bertz CT molecular complexity index is 4050. The van der Waals surface area contributed by atoms with Crippen molar-refractivity contribution < 1.29 is 33.0 Å². The fraction of sp³-hybridized carbons (Fsp3) is 0.462. The molecule has 522 valence electrons. The number of H-pyrrole nitrogens is 2. The van der Waals surface area contributed by atoms with Gasteiger partial charge in [-0.15, -0.1) is 0 Å². The van der Waals surface area contributed by atoms with E-state index in [4.69, 9.17) is 21.1 Å². The van der Waals surface area contributed by atoms with E-state index in [0.717, 1.165) is 113 Å². The number of pyridine rings is 2. The van der Waals surface area contributed by atoms with E-state index in [2.05, 4.69) is 84.5 Å². The van der Waals surface area contributed by atoms with E-state index >= 15 is 4.39 Å². The lowest BCUT2D eigenvalue weighted by Crippen LogP contribution is -2.49. The Hall–Kier alpha value is -8.20. The van der Waals surface area contributed by atoms with Gasteiger partial charge in [0, 0.05) is 174 Å². The number of aryl methyl sites for hydroxylation is 4. The lowest BCUT2D eigenvalue weighted by molar-refractivity contribution is -0.127. The van der Waals surface area contributed by atoms with Crippen LogP contribution >= 0.6 is 11.6 Å². The van der Waals surface area contributed by atoms with Gasteiger partial charge in [0.05, 0.1) is 12.2 Å². The first kappa shape index (κ1) is 72.5. The molecule has 6 heterocycles. The van der Waals surface area contributed by atoms with Crippen LogP contribution in [0.25, 0.3) is 22.3 Å². The average molecular weight is 1360 g/mol. The van der Waals surface area contributed by atoms with Crippen molar-refractivity contribution in [1.82, 2.24) is 40.2 Å². The van der Waals surface area contributed by atoms with Crippen molar-refractivity contribution in [2.75, 3.05) is 89.5 Å². The summed E-state index contributed by atoms with van der Waals surface area (Å²) in [5, 5.41) is 6.72. The summed E-state index contributed by atoms with van der Waals surface area (Å²) in [5.74, 6) is -1.12. The largest absolute Gasteiger partial charge is 0.381 e. The number of likely N-dealkylation sites (tertiary alicyclic amines) is 4. The quantitative estimate of drug-likeness (QED) is 0.0419. The van der Waals surface area contributed by atoms with Crippen LogP contribution in [0.5, 0.6) is 0 Å². The summed E-state index contributed by atoms with van der Waals surface area (Å²) in [6, 6.07) is 23.3. The van der Waals surface area contributed by atoms with Gasteiger partial charge < -0.3 is 49.7 Å². The molecule has 20 heteroatoms. The van der Waals surface area contributed by atoms with Crippen LogP contribution in [0.4, 0.5) is 15.8 Å². The van der Waals surface area contributed by atoms with Crippen molar-refractivity contribution in [3.05, 3.63) is 197 Å². The number of hydrogen-bond donors (Lipinski definition) is 4. The van der Waals surface area contributed by atoms with Gasteiger partial charge in [-0.1, -0.05) is 49.0 Å². The van der Waals surface area contributed by atoms with Gasteiger partial charge in [0.15, 0.2) is 0 Å². The molecule has 0 bridgehead atoms. The van der Waals surface area contributed by atoms with Crippen LogP contribution in [-0.2, 0) is 45.2 Å². The predicted octanol–water partition coefficient (Wildman–Crippen LogP) is 11.4. The first-order valence-electron chi connectivity index (χ1n) is 34.8. The number of halogens is 2. The van der Waals surface area contributed by atoms with Crippen LogP contribution < -0.4 is 31.6 Å². The number of nitrogens with zero attached hydrogens (tertiary/aromatic N) is 6. The summed E-state index contributed by atoms with van der Waals surface area (Å²) in [4.78, 5) is 100. The highest BCUT2D eigenvalue weighted by Crippen LogP contribution is 2.39. The second-order valence-corrected chi connectivity index (χ2v) is 27.7. The highest BCUT2D eigenvalue weighted by Gasteiger charge is 2.35. The van der Waals surface area contributed by atoms with Gasteiger partial charge in [-0.3, -0.25) is 38.6 Å². The molecule has 18 nitrogen and oxygen atoms in total. The zero-order valence-corrected chi connectivity index (χ0v) is 59.4.